The zero-order valence-electron chi connectivity index (χ0n) is 12.4. The third-order valence-corrected chi connectivity index (χ3v) is 4.38. The maximum atomic E-state index is 13.6. The molecule has 0 amide bonds. The first-order valence-electron chi connectivity index (χ1n) is 7.77. The van der Waals surface area contributed by atoms with E-state index in [2.05, 4.69) is 0 Å². The Labute approximate surface area is 121 Å². The van der Waals surface area contributed by atoms with Crippen molar-refractivity contribution in [2.24, 2.45) is 11.7 Å². The Morgan fingerprint density at radius 1 is 1.30 bits per heavy atom. The van der Waals surface area contributed by atoms with Crippen LogP contribution in [0.4, 0.5) is 4.39 Å². The van der Waals surface area contributed by atoms with Crippen molar-refractivity contribution in [1.82, 2.24) is 0 Å². The summed E-state index contributed by atoms with van der Waals surface area (Å²) in [6, 6.07) is 5.25. The molecule has 112 valence electrons. The molecular formula is C17H26FNO. The largest absolute Gasteiger partial charge is 0.494 e. The van der Waals surface area contributed by atoms with E-state index in [0.29, 0.717) is 5.75 Å². The second-order valence-corrected chi connectivity index (χ2v) is 6.01. The Kier molecular flexibility index (Phi) is 5.84. The summed E-state index contributed by atoms with van der Waals surface area (Å²) in [4.78, 5) is 0. The van der Waals surface area contributed by atoms with Gasteiger partial charge in [-0.3, -0.25) is 0 Å². The SMILES string of the molecule is COc1ccc(CC(N)CCC2CCCCC2)cc1F. The van der Waals surface area contributed by atoms with Gasteiger partial charge in [0.25, 0.3) is 0 Å². The first-order valence-corrected chi connectivity index (χ1v) is 7.77. The van der Waals surface area contributed by atoms with Crippen LogP contribution in [0.5, 0.6) is 5.75 Å². The van der Waals surface area contributed by atoms with Crippen LogP contribution in [0.2, 0.25) is 0 Å². The van der Waals surface area contributed by atoms with Gasteiger partial charge < -0.3 is 10.5 Å². The molecule has 2 N–H and O–H groups in total. The lowest BCUT2D eigenvalue weighted by molar-refractivity contribution is 0.322. The standard InChI is InChI=1S/C17H26FNO/c1-20-17-10-8-14(12-16(17)18)11-15(19)9-7-13-5-3-2-4-6-13/h8,10,12-13,15H,2-7,9,11,19H2,1H3. The highest BCUT2D eigenvalue weighted by atomic mass is 19.1. The minimum absolute atomic E-state index is 0.129. The molecule has 0 radical (unpaired) electrons. The van der Waals surface area contributed by atoms with Crippen molar-refractivity contribution >= 4 is 0 Å². The highest BCUT2D eigenvalue weighted by molar-refractivity contribution is 5.29. The molecule has 0 aromatic heterocycles. The van der Waals surface area contributed by atoms with Crippen LogP contribution >= 0.6 is 0 Å². The van der Waals surface area contributed by atoms with E-state index in [9.17, 15) is 4.39 Å². The number of halogens is 1. The summed E-state index contributed by atoms with van der Waals surface area (Å²) in [5, 5.41) is 0. The van der Waals surface area contributed by atoms with Gasteiger partial charge in [-0.25, -0.2) is 4.39 Å². The summed E-state index contributed by atoms with van der Waals surface area (Å²) in [7, 11) is 1.48. The lowest BCUT2D eigenvalue weighted by atomic mass is 9.85. The molecule has 0 heterocycles. The summed E-state index contributed by atoms with van der Waals surface area (Å²) in [5.74, 6) is 0.858. The van der Waals surface area contributed by atoms with Gasteiger partial charge in [0.1, 0.15) is 0 Å². The molecule has 1 saturated carbocycles. The second kappa shape index (κ2) is 7.63. The minimum atomic E-state index is -0.301. The Bertz CT molecular complexity index is 415. The predicted octanol–water partition coefficient (Wildman–Crippen LogP) is 4.06. The van der Waals surface area contributed by atoms with Crippen molar-refractivity contribution in [2.45, 2.75) is 57.4 Å². The van der Waals surface area contributed by atoms with Crippen molar-refractivity contribution < 1.29 is 9.13 Å². The molecule has 1 aliphatic carbocycles. The quantitative estimate of drug-likeness (QED) is 0.852. The summed E-state index contributed by atoms with van der Waals surface area (Å²) < 4.78 is 18.5. The molecule has 20 heavy (non-hydrogen) atoms. The van der Waals surface area contributed by atoms with Gasteiger partial charge in [0.2, 0.25) is 0 Å². The first-order chi connectivity index (χ1) is 9.69. The summed E-state index contributed by atoms with van der Waals surface area (Å²) in [6.07, 6.45) is 9.89. The molecule has 0 bridgehead atoms. The van der Waals surface area contributed by atoms with E-state index < -0.39 is 0 Å². The lowest BCUT2D eigenvalue weighted by Crippen LogP contribution is -2.24. The molecule has 2 nitrogen and oxygen atoms in total. The third kappa shape index (κ3) is 4.48. The molecule has 1 aromatic rings. The van der Waals surface area contributed by atoms with E-state index in [-0.39, 0.29) is 11.9 Å². The van der Waals surface area contributed by atoms with Crippen molar-refractivity contribution in [3.05, 3.63) is 29.6 Å². The van der Waals surface area contributed by atoms with Crippen molar-refractivity contribution in [2.75, 3.05) is 7.11 Å². The van der Waals surface area contributed by atoms with Crippen molar-refractivity contribution in [1.29, 1.82) is 0 Å². The third-order valence-electron chi connectivity index (χ3n) is 4.38. The Balaban J connectivity index is 1.78. The first kappa shape index (κ1) is 15.3. The fraction of sp³-hybridized carbons (Fsp3) is 0.647. The highest BCUT2D eigenvalue weighted by Gasteiger charge is 2.15. The van der Waals surface area contributed by atoms with E-state index in [1.54, 1.807) is 12.1 Å². The van der Waals surface area contributed by atoms with E-state index in [1.807, 2.05) is 6.07 Å². The van der Waals surface area contributed by atoms with E-state index in [0.717, 1.165) is 24.3 Å². The Hall–Kier alpha value is -1.09. The van der Waals surface area contributed by atoms with Crippen LogP contribution in [0.15, 0.2) is 18.2 Å². The number of hydrogen-bond acceptors (Lipinski definition) is 2. The molecule has 1 atom stereocenters. The summed E-state index contributed by atoms with van der Waals surface area (Å²) in [6.45, 7) is 0. The van der Waals surface area contributed by atoms with Gasteiger partial charge in [-0.15, -0.1) is 0 Å². The zero-order valence-corrected chi connectivity index (χ0v) is 12.4. The van der Waals surface area contributed by atoms with Gasteiger partial charge in [-0.2, -0.15) is 0 Å². The maximum Gasteiger partial charge on any atom is 0.165 e. The van der Waals surface area contributed by atoms with Gasteiger partial charge in [0, 0.05) is 6.04 Å². The molecule has 3 heteroatoms. The average molecular weight is 279 g/mol. The monoisotopic (exact) mass is 279 g/mol. The fourth-order valence-electron chi connectivity index (χ4n) is 3.17. The number of methoxy groups -OCH3 is 1. The number of nitrogens with two attached hydrogens (primary N) is 1. The van der Waals surface area contributed by atoms with Gasteiger partial charge in [-0.05, 0) is 42.9 Å². The number of hydrogen-bond donors (Lipinski definition) is 1. The number of rotatable bonds is 6. The van der Waals surface area contributed by atoms with Crippen LogP contribution in [0.3, 0.4) is 0 Å². The van der Waals surface area contributed by atoms with Gasteiger partial charge in [0.15, 0.2) is 11.6 Å². The fourth-order valence-corrected chi connectivity index (χ4v) is 3.17. The molecule has 1 fully saturated rings. The highest BCUT2D eigenvalue weighted by Crippen LogP contribution is 2.28. The van der Waals surface area contributed by atoms with Crippen molar-refractivity contribution in [3.8, 4) is 5.75 Å². The van der Waals surface area contributed by atoms with E-state index in [4.69, 9.17) is 10.5 Å². The van der Waals surface area contributed by atoms with Crippen LogP contribution in [-0.4, -0.2) is 13.2 Å². The van der Waals surface area contributed by atoms with Gasteiger partial charge in [0.05, 0.1) is 7.11 Å². The molecule has 0 spiro atoms. The molecule has 1 unspecified atom stereocenters. The molecule has 0 aliphatic heterocycles. The Morgan fingerprint density at radius 3 is 2.70 bits per heavy atom. The lowest BCUT2D eigenvalue weighted by Gasteiger charge is -2.23. The summed E-state index contributed by atoms with van der Waals surface area (Å²) in [5.41, 5.74) is 7.15. The van der Waals surface area contributed by atoms with E-state index in [1.165, 1.54) is 45.6 Å². The van der Waals surface area contributed by atoms with Crippen molar-refractivity contribution in [3.63, 3.8) is 0 Å². The topological polar surface area (TPSA) is 35.2 Å². The minimum Gasteiger partial charge on any atom is -0.494 e. The van der Waals surface area contributed by atoms with Gasteiger partial charge in [-0.1, -0.05) is 38.2 Å². The number of benzene rings is 1. The molecule has 1 aromatic carbocycles. The molecular weight excluding hydrogens is 253 g/mol. The predicted molar refractivity (Wildman–Crippen MR) is 80.4 cm³/mol. The smallest absolute Gasteiger partial charge is 0.165 e. The van der Waals surface area contributed by atoms with Crippen LogP contribution in [0, 0.1) is 11.7 Å². The van der Waals surface area contributed by atoms with E-state index >= 15 is 0 Å². The number of ether oxygens (including phenoxy) is 1. The zero-order chi connectivity index (χ0) is 14.4. The summed E-state index contributed by atoms with van der Waals surface area (Å²) >= 11 is 0. The maximum absolute atomic E-state index is 13.6. The van der Waals surface area contributed by atoms with Crippen LogP contribution in [-0.2, 0) is 6.42 Å². The van der Waals surface area contributed by atoms with Crippen LogP contribution < -0.4 is 10.5 Å². The molecule has 2 rings (SSSR count). The normalized spacial score (nSPS) is 17.9. The Morgan fingerprint density at radius 2 is 2.05 bits per heavy atom. The molecule has 1 aliphatic rings. The van der Waals surface area contributed by atoms with Crippen LogP contribution in [0.1, 0.15) is 50.5 Å². The molecule has 0 saturated heterocycles. The average Bonchev–Trinajstić information content (AvgIpc) is 2.46. The second-order valence-electron chi connectivity index (χ2n) is 6.01. The van der Waals surface area contributed by atoms with Crippen LogP contribution in [0.25, 0.3) is 0 Å². The van der Waals surface area contributed by atoms with Gasteiger partial charge >= 0.3 is 0 Å².